The number of hydrogen-bond donors (Lipinski definition) is 1. The van der Waals surface area contributed by atoms with Crippen molar-refractivity contribution in [2.75, 3.05) is 24.6 Å². The fourth-order valence-corrected chi connectivity index (χ4v) is 3.19. The number of hydrogen-bond acceptors (Lipinski definition) is 2. The molecule has 0 spiro atoms. The van der Waals surface area contributed by atoms with Crippen LogP contribution in [0.2, 0.25) is 0 Å². The normalized spacial score (nSPS) is 32.9. The van der Waals surface area contributed by atoms with Gasteiger partial charge in [0.25, 0.3) is 0 Å². The van der Waals surface area contributed by atoms with Crippen LogP contribution in [0.4, 0.5) is 5.69 Å². The molecule has 2 unspecified atom stereocenters. The smallest absolute Gasteiger partial charge is 0.0466 e. The zero-order chi connectivity index (χ0) is 10.4. The number of piperidine rings is 1. The van der Waals surface area contributed by atoms with Gasteiger partial charge in [-0.15, -0.1) is 0 Å². The van der Waals surface area contributed by atoms with E-state index < -0.39 is 0 Å². The van der Waals surface area contributed by atoms with Gasteiger partial charge in [0, 0.05) is 29.9 Å². The molecule has 1 aliphatic heterocycles. The number of aliphatic hydroxyl groups is 1. The van der Waals surface area contributed by atoms with Crippen molar-refractivity contribution in [1.82, 2.24) is 0 Å². The van der Waals surface area contributed by atoms with Crippen molar-refractivity contribution in [2.24, 2.45) is 17.8 Å². The molecule has 2 atom stereocenters. The van der Waals surface area contributed by atoms with E-state index in [1.165, 1.54) is 5.69 Å². The number of nitrogens with zero attached hydrogens (tertiary/aromatic N) is 1. The lowest BCUT2D eigenvalue weighted by Gasteiger charge is -2.21. The molecule has 0 bridgehead atoms. The average molecular weight is 268 g/mol. The fourth-order valence-electron chi connectivity index (χ4n) is 2.80. The van der Waals surface area contributed by atoms with Gasteiger partial charge in [0.05, 0.1) is 0 Å². The second kappa shape index (κ2) is 3.49. The maximum Gasteiger partial charge on any atom is 0.0466 e. The van der Waals surface area contributed by atoms with E-state index >= 15 is 0 Å². The largest absolute Gasteiger partial charge is 0.396 e. The summed E-state index contributed by atoms with van der Waals surface area (Å²) in [4.78, 5) is 2.42. The zero-order valence-electron chi connectivity index (χ0n) is 8.44. The first-order valence-corrected chi connectivity index (χ1v) is 6.20. The summed E-state index contributed by atoms with van der Waals surface area (Å²) < 4.78 is 1.14. The third-order valence-corrected chi connectivity index (χ3v) is 4.25. The lowest BCUT2D eigenvalue weighted by molar-refractivity contribution is 0.260. The monoisotopic (exact) mass is 267 g/mol. The molecular weight excluding hydrogens is 254 g/mol. The fraction of sp³-hybridized carbons (Fsp3) is 0.500. The number of fused-ring (bicyclic) bond motifs is 1. The summed E-state index contributed by atoms with van der Waals surface area (Å²) in [6.07, 6.45) is 0. The van der Waals surface area contributed by atoms with Gasteiger partial charge in [-0.25, -0.2) is 0 Å². The molecule has 0 amide bonds. The van der Waals surface area contributed by atoms with Crippen LogP contribution in [0, 0.1) is 17.8 Å². The van der Waals surface area contributed by atoms with E-state index in [2.05, 4.69) is 45.1 Å². The SMILES string of the molecule is OCC1C2CN(c3cccc(Br)c3)CC12. The first-order valence-electron chi connectivity index (χ1n) is 5.41. The van der Waals surface area contributed by atoms with E-state index in [4.69, 9.17) is 5.11 Å². The molecule has 1 N–H and O–H groups in total. The van der Waals surface area contributed by atoms with Crippen molar-refractivity contribution in [3.63, 3.8) is 0 Å². The highest BCUT2D eigenvalue weighted by Crippen LogP contribution is 2.52. The van der Waals surface area contributed by atoms with Crippen molar-refractivity contribution in [3.8, 4) is 0 Å². The summed E-state index contributed by atoms with van der Waals surface area (Å²) in [6, 6.07) is 8.45. The third-order valence-electron chi connectivity index (χ3n) is 3.76. The van der Waals surface area contributed by atoms with Crippen molar-refractivity contribution in [2.45, 2.75) is 0 Å². The number of benzene rings is 1. The Morgan fingerprint density at radius 1 is 1.33 bits per heavy atom. The predicted octanol–water partition coefficient (Wildman–Crippen LogP) is 2.12. The van der Waals surface area contributed by atoms with Crippen LogP contribution in [0.15, 0.2) is 28.7 Å². The zero-order valence-corrected chi connectivity index (χ0v) is 10.0. The predicted molar refractivity (Wildman–Crippen MR) is 63.9 cm³/mol. The van der Waals surface area contributed by atoms with E-state index in [0.717, 1.165) is 29.4 Å². The summed E-state index contributed by atoms with van der Waals surface area (Å²) in [5.74, 6) is 2.08. The quantitative estimate of drug-likeness (QED) is 0.888. The number of rotatable bonds is 2. The highest BCUT2D eigenvalue weighted by atomic mass is 79.9. The molecule has 0 radical (unpaired) electrons. The van der Waals surface area contributed by atoms with Gasteiger partial charge in [-0.1, -0.05) is 22.0 Å². The van der Waals surface area contributed by atoms with Crippen LogP contribution in [-0.4, -0.2) is 24.8 Å². The summed E-state index contributed by atoms with van der Waals surface area (Å²) in [5, 5.41) is 9.09. The molecular formula is C12H14BrNO. The molecule has 15 heavy (non-hydrogen) atoms. The standard InChI is InChI=1S/C12H14BrNO/c13-8-2-1-3-9(4-8)14-5-10-11(6-14)12(10)7-15/h1-4,10-12,15H,5-7H2. The summed E-state index contributed by atoms with van der Waals surface area (Å²) >= 11 is 3.49. The Morgan fingerprint density at radius 3 is 2.67 bits per heavy atom. The van der Waals surface area contributed by atoms with Gasteiger partial charge >= 0.3 is 0 Å². The lowest BCUT2D eigenvalue weighted by Crippen LogP contribution is -2.24. The Morgan fingerprint density at radius 2 is 2.07 bits per heavy atom. The Kier molecular flexibility index (Phi) is 2.25. The topological polar surface area (TPSA) is 23.5 Å². The second-order valence-corrected chi connectivity index (χ2v) is 5.47. The molecule has 2 aliphatic rings. The molecule has 1 aromatic carbocycles. The molecule has 3 heteroatoms. The molecule has 1 saturated heterocycles. The number of aliphatic hydroxyl groups excluding tert-OH is 1. The Balaban J connectivity index is 1.72. The van der Waals surface area contributed by atoms with Crippen LogP contribution in [0.3, 0.4) is 0 Å². The lowest BCUT2D eigenvalue weighted by atomic mass is 10.2. The third kappa shape index (κ3) is 1.58. The van der Waals surface area contributed by atoms with Crippen LogP contribution in [0.5, 0.6) is 0 Å². The van der Waals surface area contributed by atoms with Crippen LogP contribution >= 0.6 is 15.9 Å². The van der Waals surface area contributed by atoms with Gasteiger partial charge in [-0.05, 0) is 36.0 Å². The van der Waals surface area contributed by atoms with E-state index in [1.807, 2.05) is 0 Å². The van der Waals surface area contributed by atoms with Crippen LogP contribution in [-0.2, 0) is 0 Å². The van der Waals surface area contributed by atoms with E-state index in [9.17, 15) is 0 Å². The van der Waals surface area contributed by atoms with E-state index in [-0.39, 0.29) is 0 Å². The molecule has 3 rings (SSSR count). The van der Waals surface area contributed by atoms with Crippen molar-refractivity contribution in [3.05, 3.63) is 28.7 Å². The Bertz CT molecular complexity index is 370. The maximum absolute atomic E-state index is 9.09. The number of halogens is 1. The molecule has 1 aromatic rings. The minimum absolute atomic E-state index is 0.377. The molecule has 80 valence electrons. The Hall–Kier alpha value is -0.540. The molecule has 0 aromatic heterocycles. The first-order chi connectivity index (χ1) is 7.29. The minimum atomic E-state index is 0.377. The average Bonchev–Trinajstić information content (AvgIpc) is 2.70. The molecule has 2 fully saturated rings. The van der Waals surface area contributed by atoms with Gasteiger partial charge < -0.3 is 10.0 Å². The summed E-state index contributed by atoms with van der Waals surface area (Å²) in [6.45, 7) is 2.61. The highest BCUT2D eigenvalue weighted by molar-refractivity contribution is 9.10. The van der Waals surface area contributed by atoms with Gasteiger partial charge in [-0.2, -0.15) is 0 Å². The minimum Gasteiger partial charge on any atom is -0.396 e. The van der Waals surface area contributed by atoms with E-state index in [1.54, 1.807) is 0 Å². The second-order valence-electron chi connectivity index (χ2n) is 4.56. The van der Waals surface area contributed by atoms with Crippen LogP contribution < -0.4 is 4.90 Å². The van der Waals surface area contributed by atoms with Crippen molar-refractivity contribution >= 4 is 21.6 Å². The van der Waals surface area contributed by atoms with Crippen molar-refractivity contribution in [1.29, 1.82) is 0 Å². The molecule has 1 saturated carbocycles. The van der Waals surface area contributed by atoms with Crippen molar-refractivity contribution < 1.29 is 5.11 Å². The highest BCUT2D eigenvalue weighted by Gasteiger charge is 2.55. The van der Waals surface area contributed by atoms with Gasteiger partial charge in [0.15, 0.2) is 0 Å². The summed E-state index contributed by atoms with van der Waals surface area (Å²) in [7, 11) is 0. The molecule has 1 aliphatic carbocycles. The molecule has 1 heterocycles. The molecule has 2 nitrogen and oxygen atoms in total. The first kappa shape index (κ1) is 9.67. The number of anilines is 1. The van der Waals surface area contributed by atoms with Gasteiger partial charge in [0.1, 0.15) is 0 Å². The Labute approximate surface area is 98.0 Å². The summed E-state index contributed by atoms with van der Waals surface area (Å²) in [5.41, 5.74) is 1.30. The van der Waals surface area contributed by atoms with E-state index in [0.29, 0.717) is 12.5 Å². The maximum atomic E-state index is 9.09. The van der Waals surface area contributed by atoms with Crippen LogP contribution in [0.25, 0.3) is 0 Å². The van der Waals surface area contributed by atoms with Gasteiger partial charge in [0.2, 0.25) is 0 Å². The van der Waals surface area contributed by atoms with Gasteiger partial charge in [-0.3, -0.25) is 0 Å². The van der Waals surface area contributed by atoms with Crippen LogP contribution in [0.1, 0.15) is 0 Å².